The summed E-state index contributed by atoms with van der Waals surface area (Å²) < 4.78 is 19.3. The van der Waals surface area contributed by atoms with Gasteiger partial charge in [-0.2, -0.15) is 0 Å². The molecule has 0 radical (unpaired) electrons. The van der Waals surface area contributed by atoms with Gasteiger partial charge in [-0.05, 0) is 79.0 Å². The summed E-state index contributed by atoms with van der Waals surface area (Å²) in [6.45, 7) is 8.03. The standard InChI is InChI=1S/C48H65N3O5/c1-3-5-7-9-11-16-32-51(33-17-12-10-8-6-4-2)36-45-34-46(40-24-22-39(37-52)23-25-40)56-47(55-45)41-26-20-38(21-27-41)35-49-48(53)50-42-28-30-44(31-29-42)54-43-18-14-13-15-19-43/h13-15,18-31,45-47,52H,3-12,16-17,32-37H2,1-2H3,(H2,49,50,53)/t45-,46+,47+/m0/s1. The summed E-state index contributed by atoms with van der Waals surface area (Å²) >= 11 is 0. The van der Waals surface area contributed by atoms with Crippen LogP contribution in [0.3, 0.4) is 0 Å². The van der Waals surface area contributed by atoms with Crippen molar-refractivity contribution in [2.24, 2.45) is 0 Å². The fourth-order valence-electron chi connectivity index (χ4n) is 7.23. The average Bonchev–Trinajstić information content (AvgIpc) is 3.23. The Morgan fingerprint density at radius 1 is 0.679 bits per heavy atom. The highest BCUT2D eigenvalue weighted by Gasteiger charge is 2.33. The number of aliphatic hydroxyl groups is 1. The van der Waals surface area contributed by atoms with Gasteiger partial charge in [0.15, 0.2) is 6.29 Å². The molecule has 0 aromatic heterocycles. The first-order valence-corrected chi connectivity index (χ1v) is 21.2. The number of carbonyl (C=O) groups excluding carboxylic acids is 1. The second kappa shape index (κ2) is 24.4. The number of urea groups is 1. The lowest BCUT2D eigenvalue weighted by Crippen LogP contribution is -2.40. The van der Waals surface area contributed by atoms with Crippen molar-refractivity contribution in [1.29, 1.82) is 0 Å². The molecule has 1 heterocycles. The maximum atomic E-state index is 12.7. The Morgan fingerprint density at radius 2 is 1.25 bits per heavy atom. The zero-order chi connectivity index (χ0) is 39.2. The van der Waals surface area contributed by atoms with Crippen molar-refractivity contribution < 1.29 is 24.1 Å². The molecule has 0 saturated carbocycles. The molecule has 3 N–H and O–H groups in total. The van der Waals surface area contributed by atoms with Crippen LogP contribution in [0.1, 0.15) is 132 Å². The van der Waals surface area contributed by atoms with Gasteiger partial charge in [0.1, 0.15) is 11.5 Å². The molecule has 4 aromatic rings. The van der Waals surface area contributed by atoms with Gasteiger partial charge in [-0.1, -0.05) is 145 Å². The minimum absolute atomic E-state index is 0.0143. The van der Waals surface area contributed by atoms with E-state index < -0.39 is 6.29 Å². The molecule has 5 rings (SSSR count). The fraction of sp³-hybridized carbons (Fsp3) is 0.479. The summed E-state index contributed by atoms with van der Waals surface area (Å²) in [5, 5.41) is 15.5. The van der Waals surface area contributed by atoms with Crippen LogP contribution in [-0.4, -0.2) is 41.8 Å². The van der Waals surface area contributed by atoms with E-state index in [0.717, 1.165) is 54.1 Å². The molecule has 0 aliphatic carbocycles. The van der Waals surface area contributed by atoms with Crippen LogP contribution in [0.15, 0.2) is 103 Å². The number of ether oxygens (including phenoxy) is 3. The quantitative estimate of drug-likeness (QED) is 0.0616. The molecule has 2 amide bonds. The number of nitrogens with one attached hydrogen (secondary N) is 2. The second-order valence-corrected chi connectivity index (χ2v) is 15.2. The maximum absolute atomic E-state index is 12.7. The summed E-state index contributed by atoms with van der Waals surface area (Å²) in [6.07, 6.45) is 15.7. The van der Waals surface area contributed by atoms with Crippen molar-refractivity contribution in [2.45, 2.75) is 129 Å². The van der Waals surface area contributed by atoms with Gasteiger partial charge >= 0.3 is 6.03 Å². The van der Waals surface area contributed by atoms with Crippen LogP contribution in [0, 0.1) is 0 Å². The number of anilines is 1. The van der Waals surface area contributed by atoms with E-state index in [1.165, 1.54) is 77.0 Å². The van der Waals surface area contributed by atoms with Crippen molar-refractivity contribution in [2.75, 3.05) is 25.0 Å². The Morgan fingerprint density at radius 3 is 1.88 bits per heavy atom. The first-order valence-electron chi connectivity index (χ1n) is 21.2. The van der Waals surface area contributed by atoms with Gasteiger partial charge < -0.3 is 34.9 Å². The van der Waals surface area contributed by atoms with E-state index >= 15 is 0 Å². The third-order valence-corrected chi connectivity index (χ3v) is 10.5. The number of rotatable bonds is 24. The average molecular weight is 764 g/mol. The molecule has 0 spiro atoms. The lowest BCUT2D eigenvalue weighted by Gasteiger charge is -2.38. The molecule has 1 aliphatic rings. The molecule has 4 aromatic carbocycles. The van der Waals surface area contributed by atoms with Crippen LogP contribution >= 0.6 is 0 Å². The van der Waals surface area contributed by atoms with Crippen LogP contribution in [0.5, 0.6) is 11.5 Å². The van der Waals surface area contributed by atoms with E-state index in [0.29, 0.717) is 18.0 Å². The Kier molecular flexibility index (Phi) is 18.7. The van der Waals surface area contributed by atoms with Gasteiger partial charge in [-0.15, -0.1) is 0 Å². The van der Waals surface area contributed by atoms with Gasteiger partial charge in [0.25, 0.3) is 0 Å². The zero-order valence-corrected chi connectivity index (χ0v) is 33.8. The summed E-state index contributed by atoms with van der Waals surface area (Å²) in [5.74, 6) is 1.46. The molecule has 1 fully saturated rings. The van der Waals surface area contributed by atoms with Gasteiger partial charge in [0.2, 0.25) is 0 Å². The number of aliphatic hydroxyl groups excluding tert-OH is 1. The van der Waals surface area contributed by atoms with E-state index in [-0.39, 0.29) is 24.8 Å². The Balaban J connectivity index is 1.18. The number of unbranched alkanes of at least 4 members (excludes halogenated alkanes) is 10. The summed E-state index contributed by atoms with van der Waals surface area (Å²) in [5.41, 5.74) is 4.60. The van der Waals surface area contributed by atoms with Crippen LogP contribution < -0.4 is 15.4 Å². The van der Waals surface area contributed by atoms with Gasteiger partial charge in [0.05, 0.1) is 18.8 Å². The Bertz CT molecular complexity index is 1630. The molecule has 1 saturated heterocycles. The third-order valence-electron chi connectivity index (χ3n) is 10.5. The molecular formula is C48H65N3O5. The topological polar surface area (TPSA) is 92.3 Å². The molecule has 8 heteroatoms. The highest BCUT2D eigenvalue weighted by atomic mass is 16.7. The molecule has 8 nitrogen and oxygen atoms in total. The molecule has 302 valence electrons. The van der Waals surface area contributed by atoms with E-state index in [9.17, 15) is 9.90 Å². The largest absolute Gasteiger partial charge is 0.457 e. The number of benzene rings is 4. The van der Waals surface area contributed by atoms with Crippen LogP contribution in [0.25, 0.3) is 0 Å². The number of amides is 2. The molecule has 3 atom stereocenters. The molecule has 1 aliphatic heterocycles. The molecule has 0 unspecified atom stereocenters. The number of nitrogens with zero attached hydrogens (tertiary/aromatic N) is 1. The van der Waals surface area contributed by atoms with Crippen LogP contribution in [0.4, 0.5) is 10.5 Å². The molecular weight excluding hydrogens is 699 g/mol. The van der Waals surface area contributed by atoms with E-state index in [1.54, 1.807) is 0 Å². The van der Waals surface area contributed by atoms with Gasteiger partial charge in [-0.3, -0.25) is 0 Å². The first kappa shape index (κ1) is 42.9. The van der Waals surface area contributed by atoms with E-state index in [4.69, 9.17) is 14.2 Å². The lowest BCUT2D eigenvalue weighted by atomic mass is 9.99. The number of carbonyl (C=O) groups is 1. The smallest absolute Gasteiger partial charge is 0.319 e. The van der Waals surface area contributed by atoms with Crippen molar-refractivity contribution in [3.05, 3.63) is 125 Å². The number of para-hydroxylation sites is 1. The van der Waals surface area contributed by atoms with Gasteiger partial charge in [-0.25, -0.2) is 4.79 Å². The summed E-state index contributed by atoms with van der Waals surface area (Å²) in [4.78, 5) is 15.4. The SMILES string of the molecule is CCCCCCCCN(CCCCCCCC)C[C@@H]1C[C@H](c2ccc(CO)cc2)O[C@H](c2ccc(CNC(=O)Nc3ccc(Oc4ccccc4)cc3)cc2)O1. The minimum Gasteiger partial charge on any atom is -0.457 e. The van der Waals surface area contributed by atoms with E-state index in [2.05, 4.69) is 41.5 Å². The lowest BCUT2D eigenvalue weighted by molar-refractivity contribution is -0.253. The van der Waals surface area contributed by atoms with Crippen LogP contribution in [0.2, 0.25) is 0 Å². The summed E-state index contributed by atoms with van der Waals surface area (Å²) in [6, 6.07) is 32.9. The number of hydrogen-bond acceptors (Lipinski definition) is 6. The maximum Gasteiger partial charge on any atom is 0.319 e. The Labute approximate surface area is 336 Å². The van der Waals surface area contributed by atoms with E-state index in [1.807, 2.05) is 91.0 Å². The highest BCUT2D eigenvalue weighted by molar-refractivity contribution is 5.89. The molecule has 0 bridgehead atoms. The normalized spacial score (nSPS) is 16.8. The Hall–Kier alpha value is -4.21. The fourth-order valence-corrected chi connectivity index (χ4v) is 7.23. The second-order valence-electron chi connectivity index (χ2n) is 15.2. The van der Waals surface area contributed by atoms with Crippen molar-refractivity contribution in [1.82, 2.24) is 10.2 Å². The highest BCUT2D eigenvalue weighted by Crippen LogP contribution is 2.38. The number of hydrogen-bond donors (Lipinski definition) is 3. The molecule has 56 heavy (non-hydrogen) atoms. The predicted octanol–water partition coefficient (Wildman–Crippen LogP) is 11.9. The predicted molar refractivity (Wildman–Crippen MR) is 227 cm³/mol. The third kappa shape index (κ3) is 15.0. The first-order chi connectivity index (χ1) is 27.5. The van der Waals surface area contributed by atoms with Crippen LogP contribution in [-0.2, 0) is 22.6 Å². The summed E-state index contributed by atoms with van der Waals surface area (Å²) in [7, 11) is 0. The van der Waals surface area contributed by atoms with Gasteiger partial charge in [0, 0.05) is 30.8 Å². The van der Waals surface area contributed by atoms with Crippen molar-refractivity contribution in [3.8, 4) is 11.5 Å². The minimum atomic E-state index is -0.514. The monoisotopic (exact) mass is 763 g/mol. The zero-order valence-electron chi connectivity index (χ0n) is 33.8. The van der Waals surface area contributed by atoms with Crippen molar-refractivity contribution in [3.63, 3.8) is 0 Å². The van der Waals surface area contributed by atoms with Crippen molar-refractivity contribution >= 4 is 11.7 Å².